The van der Waals surface area contributed by atoms with Gasteiger partial charge in [-0.15, -0.1) is 0 Å². The largest absolute Gasteiger partial charge is 0.360 e. The van der Waals surface area contributed by atoms with E-state index in [0.29, 0.717) is 39.2 Å². The molecule has 0 bridgehead atoms. The Hall–Kier alpha value is -1.56. The van der Waals surface area contributed by atoms with Gasteiger partial charge < -0.3 is 14.7 Å². The number of hydrogen-bond acceptors (Lipinski definition) is 4. The molecule has 0 fully saturated rings. The fraction of sp³-hybridized carbons (Fsp3) is 0.412. The Kier molecular flexibility index (Phi) is 6.66. The highest BCUT2D eigenvalue weighted by Crippen LogP contribution is 2.36. The van der Waals surface area contributed by atoms with Crippen molar-refractivity contribution in [1.82, 2.24) is 15.4 Å². The molecule has 0 unspecified atom stereocenters. The molecule has 1 heterocycles. The number of carbonyl (C=O) groups is 1. The minimum absolute atomic E-state index is 0.244. The van der Waals surface area contributed by atoms with E-state index in [1.165, 1.54) is 0 Å². The monoisotopic (exact) mass is 369 g/mol. The first-order valence-electron chi connectivity index (χ1n) is 7.90. The number of carbonyl (C=O) groups excluding carboxylic acids is 1. The van der Waals surface area contributed by atoms with Crippen LogP contribution in [0.2, 0.25) is 10.0 Å². The average Bonchev–Trinajstić information content (AvgIpc) is 2.93. The van der Waals surface area contributed by atoms with Crippen LogP contribution in [0.1, 0.15) is 30.0 Å². The van der Waals surface area contributed by atoms with E-state index < -0.39 is 0 Å². The van der Waals surface area contributed by atoms with Crippen molar-refractivity contribution in [2.45, 2.75) is 20.8 Å². The number of likely N-dealkylation sites (N-methyl/N-ethyl adjacent to an activating group) is 1. The minimum Gasteiger partial charge on any atom is -0.360 e. The zero-order chi connectivity index (χ0) is 17.7. The number of nitrogens with one attached hydrogen (secondary N) is 1. The predicted molar refractivity (Wildman–Crippen MR) is 96.8 cm³/mol. The second-order valence-corrected chi connectivity index (χ2v) is 6.16. The molecule has 0 spiro atoms. The van der Waals surface area contributed by atoms with E-state index in [1.807, 2.05) is 0 Å². The van der Waals surface area contributed by atoms with Gasteiger partial charge in [-0.3, -0.25) is 4.79 Å². The molecular weight excluding hydrogens is 349 g/mol. The van der Waals surface area contributed by atoms with Gasteiger partial charge in [0.2, 0.25) is 0 Å². The van der Waals surface area contributed by atoms with Crippen molar-refractivity contribution in [2.24, 2.45) is 0 Å². The zero-order valence-corrected chi connectivity index (χ0v) is 15.5. The van der Waals surface area contributed by atoms with Crippen LogP contribution in [-0.2, 0) is 0 Å². The maximum atomic E-state index is 12.6. The standard InChI is InChI=1S/C17H21Cl2N3O2/c1-4-22(5-2)10-9-20-17(23)14-11(3)24-21-16(14)15-12(18)7-6-8-13(15)19/h6-8H,4-5,9-10H2,1-3H3,(H,20,23). The summed E-state index contributed by atoms with van der Waals surface area (Å²) in [7, 11) is 0. The van der Waals surface area contributed by atoms with Gasteiger partial charge in [0.1, 0.15) is 17.0 Å². The molecule has 0 saturated heterocycles. The molecule has 2 rings (SSSR count). The molecule has 0 aliphatic carbocycles. The number of rotatable bonds is 7. The first kappa shape index (κ1) is 18.8. The first-order valence-corrected chi connectivity index (χ1v) is 8.66. The molecule has 2 aromatic rings. The van der Waals surface area contributed by atoms with Gasteiger partial charge in [-0.2, -0.15) is 0 Å². The third-order valence-corrected chi connectivity index (χ3v) is 4.53. The Morgan fingerprint density at radius 1 is 1.25 bits per heavy atom. The quantitative estimate of drug-likeness (QED) is 0.800. The van der Waals surface area contributed by atoms with Gasteiger partial charge in [0.25, 0.3) is 5.91 Å². The number of aryl methyl sites for hydroxylation is 1. The number of aromatic nitrogens is 1. The predicted octanol–water partition coefficient (Wildman–Crippen LogP) is 4.03. The van der Waals surface area contributed by atoms with Crippen molar-refractivity contribution in [1.29, 1.82) is 0 Å². The third-order valence-electron chi connectivity index (χ3n) is 3.90. The van der Waals surface area contributed by atoms with E-state index >= 15 is 0 Å². The highest BCUT2D eigenvalue weighted by molar-refractivity contribution is 6.39. The summed E-state index contributed by atoms with van der Waals surface area (Å²) in [5, 5.41) is 7.74. The molecule has 1 amide bonds. The summed E-state index contributed by atoms with van der Waals surface area (Å²) in [4.78, 5) is 14.8. The Morgan fingerprint density at radius 2 is 1.88 bits per heavy atom. The van der Waals surface area contributed by atoms with E-state index in [4.69, 9.17) is 27.7 Å². The lowest BCUT2D eigenvalue weighted by Gasteiger charge is -2.18. The summed E-state index contributed by atoms with van der Waals surface area (Å²) < 4.78 is 5.21. The van der Waals surface area contributed by atoms with E-state index in [2.05, 4.69) is 29.2 Å². The summed E-state index contributed by atoms with van der Waals surface area (Å²) in [5.74, 6) is 0.188. The molecule has 0 saturated carbocycles. The zero-order valence-electron chi connectivity index (χ0n) is 14.0. The van der Waals surface area contributed by atoms with Gasteiger partial charge in [0, 0.05) is 18.7 Å². The molecule has 130 valence electrons. The molecule has 0 aliphatic heterocycles. The lowest BCUT2D eigenvalue weighted by Crippen LogP contribution is -2.35. The van der Waals surface area contributed by atoms with Gasteiger partial charge >= 0.3 is 0 Å². The van der Waals surface area contributed by atoms with Crippen LogP contribution in [0.25, 0.3) is 11.3 Å². The van der Waals surface area contributed by atoms with Crippen molar-refractivity contribution in [3.8, 4) is 11.3 Å². The van der Waals surface area contributed by atoms with Crippen LogP contribution in [0.3, 0.4) is 0 Å². The summed E-state index contributed by atoms with van der Waals surface area (Å²) in [6.45, 7) is 9.09. The highest BCUT2D eigenvalue weighted by Gasteiger charge is 2.24. The van der Waals surface area contributed by atoms with Crippen molar-refractivity contribution in [3.63, 3.8) is 0 Å². The maximum Gasteiger partial charge on any atom is 0.257 e. The molecule has 1 aromatic carbocycles. The lowest BCUT2D eigenvalue weighted by molar-refractivity contribution is 0.0948. The van der Waals surface area contributed by atoms with Gasteiger partial charge in [0.05, 0.1) is 10.0 Å². The Morgan fingerprint density at radius 3 is 2.46 bits per heavy atom. The molecule has 0 aliphatic rings. The number of hydrogen-bond donors (Lipinski definition) is 1. The van der Waals surface area contributed by atoms with Crippen molar-refractivity contribution < 1.29 is 9.32 Å². The SMILES string of the molecule is CCN(CC)CCNC(=O)c1c(-c2c(Cl)cccc2Cl)noc1C. The molecule has 0 atom stereocenters. The van der Waals surface area contributed by atoms with Crippen LogP contribution in [0.15, 0.2) is 22.7 Å². The second-order valence-electron chi connectivity index (χ2n) is 5.34. The average molecular weight is 370 g/mol. The normalized spacial score (nSPS) is 11.1. The number of nitrogens with zero attached hydrogens (tertiary/aromatic N) is 2. The van der Waals surface area contributed by atoms with Gasteiger partial charge in [-0.25, -0.2) is 0 Å². The van der Waals surface area contributed by atoms with Crippen molar-refractivity contribution in [3.05, 3.63) is 39.6 Å². The number of amides is 1. The third kappa shape index (κ3) is 4.09. The topological polar surface area (TPSA) is 58.4 Å². The maximum absolute atomic E-state index is 12.6. The molecular formula is C17H21Cl2N3O2. The van der Waals surface area contributed by atoms with Crippen LogP contribution < -0.4 is 5.32 Å². The molecule has 7 heteroatoms. The Bertz CT molecular complexity index is 692. The van der Waals surface area contributed by atoms with Crippen LogP contribution in [0, 0.1) is 6.92 Å². The van der Waals surface area contributed by atoms with Crippen molar-refractivity contribution >= 4 is 29.1 Å². The summed E-state index contributed by atoms with van der Waals surface area (Å²) in [5.41, 5.74) is 1.24. The molecule has 5 nitrogen and oxygen atoms in total. The summed E-state index contributed by atoms with van der Waals surface area (Å²) in [6, 6.07) is 5.15. The van der Waals surface area contributed by atoms with Gasteiger partial charge in [-0.1, -0.05) is 48.3 Å². The molecule has 1 N–H and O–H groups in total. The summed E-state index contributed by atoms with van der Waals surface area (Å²) >= 11 is 12.5. The van der Waals surface area contributed by atoms with Crippen LogP contribution in [0.4, 0.5) is 0 Å². The van der Waals surface area contributed by atoms with Crippen LogP contribution in [0.5, 0.6) is 0 Å². The number of halogens is 2. The number of benzene rings is 1. The first-order chi connectivity index (χ1) is 11.5. The molecule has 1 aromatic heterocycles. The fourth-order valence-corrected chi connectivity index (χ4v) is 3.07. The molecule has 24 heavy (non-hydrogen) atoms. The fourth-order valence-electron chi connectivity index (χ4n) is 2.49. The van der Waals surface area contributed by atoms with Gasteiger partial charge in [-0.05, 0) is 32.1 Å². The molecule has 0 radical (unpaired) electrons. The Labute approximate surface area is 151 Å². The van der Waals surface area contributed by atoms with E-state index in [9.17, 15) is 4.79 Å². The Balaban J connectivity index is 2.22. The van der Waals surface area contributed by atoms with Crippen LogP contribution >= 0.6 is 23.2 Å². The van der Waals surface area contributed by atoms with E-state index in [1.54, 1.807) is 25.1 Å². The smallest absolute Gasteiger partial charge is 0.257 e. The van der Waals surface area contributed by atoms with Crippen LogP contribution in [-0.4, -0.2) is 42.1 Å². The minimum atomic E-state index is -0.244. The lowest BCUT2D eigenvalue weighted by atomic mass is 10.1. The highest BCUT2D eigenvalue weighted by atomic mass is 35.5. The summed E-state index contributed by atoms with van der Waals surface area (Å²) in [6.07, 6.45) is 0. The van der Waals surface area contributed by atoms with E-state index in [0.717, 1.165) is 19.6 Å². The second kappa shape index (κ2) is 8.51. The van der Waals surface area contributed by atoms with Crippen molar-refractivity contribution in [2.75, 3.05) is 26.2 Å². The van der Waals surface area contributed by atoms with E-state index in [-0.39, 0.29) is 5.91 Å². The van der Waals surface area contributed by atoms with Gasteiger partial charge in [0.15, 0.2) is 0 Å².